The summed E-state index contributed by atoms with van der Waals surface area (Å²) in [7, 11) is -3.97. The zero-order valence-electron chi connectivity index (χ0n) is 14.9. The molecule has 0 aliphatic carbocycles. The smallest absolute Gasteiger partial charge is 0.265 e. The summed E-state index contributed by atoms with van der Waals surface area (Å²) >= 11 is 5.94. The molecule has 0 aromatic heterocycles. The van der Waals surface area contributed by atoms with Gasteiger partial charge in [0.05, 0.1) is 10.5 Å². The Balaban J connectivity index is 2.00. The van der Waals surface area contributed by atoms with E-state index in [1.165, 1.54) is 12.1 Å². The number of carbonyl (C=O) groups is 1. The molecule has 27 heavy (non-hydrogen) atoms. The lowest BCUT2D eigenvalue weighted by Gasteiger charge is -2.14. The van der Waals surface area contributed by atoms with Gasteiger partial charge >= 0.3 is 0 Å². The van der Waals surface area contributed by atoms with Crippen LogP contribution in [0.25, 0.3) is 11.1 Å². The topological polar surface area (TPSA) is 63.2 Å². The van der Waals surface area contributed by atoms with Crippen LogP contribution < -0.4 is 4.72 Å². The molecule has 0 radical (unpaired) electrons. The lowest BCUT2D eigenvalue weighted by molar-refractivity contribution is 0.0981. The Morgan fingerprint density at radius 3 is 2.15 bits per heavy atom. The van der Waals surface area contributed by atoms with Gasteiger partial charge in [0.15, 0.2) is 0 Å². The Kier molecular flexibility index (Phi) is 5.35. The van der Waals surface area contributed by atoms with Gasteiger partial charge in [-0.1, -0.05) is 59.6 Å². The van der Waals surface area contributed by atoms with Gasteiger partial charge in [-0.3, -0.25) is 4.79 Å². The van der Waals surface area contributed by atoms with Crippen LogP contribution in [-0.2, 0) is 10.0 Å². The van der Waals surface area contributed by atoms with Gasteiger partial charge in [0, 0.05) is 5.02 Å². The van der Waals surface area contributed by atoms with Gasteiger partial charge in [-0.05, 0) is 54.8 Å². The van der Waals surface area contributed by atoms with E-state index in [-0.39, 0.29) is 4.90 Å². The van der Waals surface area contributed by atoms with E-state index < -0.39 is 15.9 Å². The third kappa shape index (κ3) is 4.21. The third-order valence-corrected chi connectivity index (χ3v) is 5.81. The zero-order chi connectivity index (χ0) is 19.6. The van der Waals surface area contributed by atoms with Gasteiger partial charge in [-0.15, -0.1) is 0 Å². The second kappa shape index (κ2) is 7.55. The quantitative estimate of drug-likeness (QED) is 0.689. The predicted octanol–water partition coefficient (Wildman–Crippen LogP) is 4.74. The maximum absolute atomic E-state index is 12.9. The summed E-state index contributed by atoms with van der Waals surface area (Å²) in [6.45, 7) is 3.63. The van der Waals surface area contributed by atoms with Crippen molar-refractivity contribution in [3.8, 4) is 11.1 Å². The van der Waals surface area contributed by atoms with Crippen molar-refractivity contribution < 1.29 is 13.2 Å². The number of carbonyl (C=O) groups excluding carboxylic acids is 1. The van der Waals surface area contributed by atoms with Crippen LogP contribution in [0, 0.1) is 13.8 Å². The van der Waals surface area contributed by atoms with Gasteiger partial charge in [-0.25, -0.2) is 13.1 Å². The molecule has 0 fully saturated rings. The molecule has 1 amide bonds. The maximum Gasteiger partial charge on any atom is 0.265 e. The van der Waals surface area contributed by atoms with Gasteiger partial charge < -0.3 is 0 Å². The van der Waals surface area contributed by atoms with Crippen LogP contribution in [-0.4, -0.2) is 14.3 Å². The maximum atomic E-state index is 12.9. The summed E-state index contributed by atoms with van der Waals surface area (Å²) in [5.41, 5.74) is 3.35. The summed E-state index contributed by atoms with van der Waals surface area (Å²) in [6, 6.07) is 18.7. The minimum atomic E-state index is -3.97. The van der Waals surface area contributed by atoms with Crippen molar-refractivity contribution in [3.63, 3.8) is 0 Å². The first-order valence-electron chi connectivity index (χ1n) is 8.27. The van der Waals surface area contributed by atoms with Gasteiger partial charge in [0.25, 0.3) is 15.9 Å². The number of hydrogen-bond donors (Lipinski definition) is 1. The van der Waals surface area contributed by atoms with Crippen molar-refractivity contribution in [2.24, 2.45) is 0 Å². The molecule has 0 heterocycles. The summed E-state index contributed by atoms with van der Waals surface area (Å²) in [5, 5.41) is 0.583. The lowest BCUT2D eigenvalue weighted by atomic mass is 9.96. The zero-order valence-corrected chi connectivity index (χ0v) is 16.4. The first-order valence-corrected chi connectivity index (χ1v) is 10.1. The van der Waals surface area contributed by atoms with E-state index in [9.17, 15) is 13.2 Å². The van der Waals surface area contributed by atoms with Crippen molar-refractivity contribution in [1.82, 2.24) is 4.72 Å². The molecule has 4 nitrogen and oxygen atoms in total. The molecule has 138 valence electrons. The standard InChI is InChI=1S/C21H18ClNO3S/c1-14-6-12-18(13-7-14)27(25,26)23-21(24)20-15(2)4-3-5-19(20)16-8-10-17(22)11-9-16/h3-13H,1-2H3,(H,23,24). The van der Waals surface area contributed by atoms with Crippen LogP contribution in [0.1, 0.15) is 21.5 Å². The number of rotatable bonds is 4. The number of aryl methyl sites for hydroxylation is 2. The van der Waals surface area contributed by atoms with E-state index in [1.807, 2.05) is 13.0 Å². The molecule has 0 spiro atoms. The fraction of sp³-hybridized carbons (Fsp3) is 0.0952. The van der Waals surface area contributed by atoms with E-state index >= 15 is 0 Å². The minimum Gasteiger partial charge on any atom is -0.268 e. The van der Waals surface area contributed by atoms with E-state index in [0.717, 1.165) is 11.1 Å². The highest BCUT2D eigenvalue weighted by Crippen LogP contribution is 2.28. The highest BCUT2D eigenvalue weighted by molar-refractivity contribution is 7.90. The molecule has 0 unspecified atom stereocenters. The van der Waals surface area contributed by atoms with Crippen molar-refractivity contribution in [2.45, 2.75) is 18.7 Å². The van der Waals surface area contributed by atoms with Crippen LogP contribution >= 0.6 is 11.6 Å². The molecule has 0 atom stereocenters. The average molecular weight is 400 g/mol. The molecule has 0 saturated carbocycles. The number of sulfonamides is 1. The molecule has 6 heteroatoms. The molecule has 1 N–H and O–H groups in total. The van der Waals surface area contributed by atoms with Gasteiger partial charge in [-0.2, -0.15) is 0 Å². The Hall–Kier alpha value is -2.63. The Bertz CT molecular complexity index is 1090. The first-order chi connectivity index (χ1) is 12.8. The van der Waals surface area contributed by atoms with Crippen molar-refractivity contribution in [3.05, 3.63) is 88.4 Å². The molecule has 3 aromatic rings. The molecule has 3 rings (SSSR count). The number of benzene rings is 3. The first kappa shape index (κ1) is 19.1. The molecule has 0 aliphatic heterocycles. The van der Waals surface area contributed by atoms with E-state index in [0.29, 0.717) is 21.7 Å². The number of amides is 1. The van der Waals surface area contributed by atoms with Crippen LogP contribution in [0.15, 0.2) is 71.6 Å². The largest absolute Gasteiger partial charge is 0.268 e. The number of nitrogens with one attached hydrogen (secondary N) is 1. The monoisotopic (exact) mass is 399 g/mol. The lowest BCUT2D eigenvalue weighted by Crippen LogP contribution is -2.31. The Morgan fingerprint density at radius 1 is 0.889 bits per heavy atom. The van der Waals surface area contributed by atoms with Crippen LogP contribution in [0.2, 0.25) is 5.02 Å². The number of hydrogen-bond acceptors (Lipinski definition) is 3. The molecule has 3 aromatic carbocycles. The fourth-order valence-electron chi connectivity index (χ4n) is 2.79. The average Bonchev–Trinajstić information content (AvgIpc) is 2.62. The van der Waals surface area contributed by atoms with Crippen LogP contribution in [0.5, 0.6) is 0 Å². The van der Waals surface area contributed by atoms with Crippen molar-refractivity contribution in [1.29, 1.82) is 0 Å². The summed E-state index contributed by atoms with van der Waals surface area (Å²) < 4.78 is 27.3. The molecule has 0 bridgehead atoms. The van der Waals surface area contributed by atoms with E-state index in [4.69, 9.17) is 11.6 Å². The molecular formula is C21H18ClNO3S. The SMILES string of the molecule is Cc1ccc(S(=O)(=O)NC(=O)c2c(C)cccc2-c2ccc(Cl)cc2)cc1. The summed E-state index contributed by atoms with van der Waals surface area (Å²) in [4.78, 5) is 12.9. The van der Waals surface area contributed by atoms with E-state index in [1.54, 1.807) is 55.5 Å². The second-order valence-corrected chi connectivity index (χ2v) is 8.37. The van der Waals surface area contributed by atoms with Gasteiger partial charge in [0.2, 0.25) is 0 Å². The van der Waals surface area contributed by atoms with E-state index in [2.05, 4.69) is 4.72 Å². The second-order valence-electron chi connectivity index (χ2n) is 6.25. The molecule has 0 aliphatic rings. The summed E-state index contributed by atoms with van der Waals surface area (Å²) in [5.74, 6) is -0.668. The fourth-order valence-corrected chi connectivity index (χ4v) is 3.87. The number of halogens is 1. The minimum absolute atomic E-state index is 0.0445. The summed E-state index contributed by atoms with van der Waals surface area (Å²) in [6.07, 6.45) is 0. The van der Waals surface area contributed by atoms with Crippen molar-refractivity contribution in [2.75, 3.05) is 0 Å². The highest BCUT2D eigenvalue weighted by Gasteiger charge is 2.22. The Morgan fingerprint density at radius 2 is 1.52 bits per heavy atom. The molecular weight excluding hydrogens is 382 g/mol. The third-order valence-electron chi connectivity index (χ3n) is 4.21. The normalized spacial score (nSPS) is 11.2. The van der Waals surface area contributed by atoms with Crippen LogP contribution in [0.3, 0.4) is 0 Å². The van der Waals surface area contributed by atoms with Crippen LogP contribution in [0.4, 0.5) is 0 Å². The van der Waals surface area contributed by atoms with Gasteiger partial charge in [0.1, 0.15) is 0 Å². The molecule has 0 saturated heterocycles. The predicted molar refractivity (Wildman–Crippen MR) is 107 cm³/mol. The van der Waals surface area contributed by atoms with Crippen molar-refractivity contribution >= 4 is 27.5 Å². The highest BCUT2D eigenvalue weighted by atomic mass is 35.5. The Labute approximate surface area is 163 Å².